The minimum atomic E-state index is -1.25. The molecule has 0 unspecified atom stereocenters. The van der Waals surface area contributed by atoms with E-state index in [1.807, 2.05) is 0 Å². The lowest BCUT2D eigenvalue weighted by atomic mass is 10.1. The summed E-state index contributed by atoms with van der Waals surface area (Å²) in [6.45, 7) is 5.21. The van der Waals surface area contributed by atoms with Gasteiger partial charge in [-0.05, 0) is 20.8 Å². The molecule has 0 bridgehead atoms. The topological polar surface area (TPSA) is 46.5 Å². The molecular formula is C7H14O3. The molecule has 1 N–H and O–H groups in total. The summed E-state index contributed by atoms with van der Waals surface area (Å²) in [4.78, 5) is 10.8. The number of aliphatic hydroxyl groups is 1. The molecule has 0 radical (unpaired) electrons. The van der Waals surface area contributed by atoms with Crippen LogP contribution in [0.1, 0.15) is 20.8 Å². The molecule has 0 saturated heterocycles. The molecule has 0 heterocycles. The first-order chi connectivity index (χ1) is 4.48. The summed E-state index contributed by atoms with van der Waals surface area (Å²) in [6, 6.07) is 0. The van der Waals surface area contributed by atoms with Gasteiger partial charge >= 0.3 is 0 Å². The van der Waals surface area contributed by atoms with Gasteiger partial charge in [0.1, 0.15) is 12.2 Å². The molecule has 0 aliphatic heterocycles. The Bertz CT molecular complexity index is 113. The van der Waals surface area contributed by atoms with Gasteiger partial charge in [-0.1, -0.05) is 0 Å². The third kappa shape index (κ3) is 3.58. The van der Waals surface area contributed by atoms with Crippen LogP contribution < -0.4 is 0 Å². The van der Waals surface area contributed by atoms with Crippen molar-refractivity contribution in [3.63, 3.8) is 0 Å². The first kappa shape index (κ1) is 9.59. The predicted octanol–water partition coefficient (Wildman–Crippen LogP) is 0.363. The lowest BCUT2D eigenvalue weighted by Crippen LogP contribution is -2.34. The van der Waals surface area contributed by atoms with Crippen molar-refractivity contribution < 1.29 is 14.6 Å². The average molecular weight is 146 g/mol. The molecule has 0 spiro atoms. The Hall–Kier alpha value is -0.410. The van der Waals surface area contributed by atoms with E-state index in [9.17, 15) is 4.79 Å². The van der Waals surface area contributed by atoms with E-state index >= 15 is 0 Å². The largest absolute Gasteiger partial charge is 0.383 e. The van der Waals surface area contributed by atoms with Crippen molar-refractivity contribution in [3.05, 3.63) is 0 Å². The monoisotopic (exact) mass is 146 g/mol. The Kier molecular flexibility index (Phi) is 3.53. The highest BCUT2D eigenvalue weighted by molar-refractivity contribution is 5.87. The third-order valence-corrected chi connectivity index (χ3v) is 1.12. The van der Waals surface area contributed by atoms with Crippen molar-refractivity contribution in [1.29, 1.82) is 0 Å². The van der Waals surface area contributed by atoms with Gasteiger partial charge in [-0.2, -0.15) is 0 Å². The SMILES string of the molecule is CCOCC(=O)C(C)(C)O. The van der Waals surface area contributed by atoms with Crippen LogP contribution in [0.5, 0.6) is 0 Å². The molecule has 0 aliphatic rings. The van der Waals surface area contributed by atoms with Crippen molar-refractivity contribution in [2.45, 2.75) is 26.4 Å². The van der Waals surface area contributed by atoms with E-state index in [0.717, 1.165) is 0 Å². The molecule has 60 valence electrons. The second-order valence-electron chi connectivity index (χ2n) is 2.62. The first-order valence-corrected chi connectivity index (χ1v) is 3.32. The minimum absolute atomic E-state index is 0.000000000000000222. The number of hydrogen-bond donors (Lipinski definition) is 1. The van der Waals surface area contributed by atoms with Gasteiger partial charge < -0.3 is 9.84 Å². The summed E-state index contributed by atoms with van der Waals surface area (Å²) in [5.41, 5.74) is -1.25. The van der Waals surface area contributed by atoms with Crippen LogP contribution in [-0.4, -0.2) is 29.7 Å². The third-order valence-electron chi connectivity index (χ3n) is 1.12. The zero-order valence-corrected chi connectivity index (χ0v) is 6.68. The van der Waals surface area contributed by atoms with Gasteiger partial charge in [-0.25, -0.2) is 0 Å². The molecule has 0 aromatic heterocycles. The summed E-state index contributed by atoms with van der Waals surface area (Å²) in [7, 11) is 0. The van der Waals surface area contributed by atoms with Crippen LogP contribution in [0, 0.1) is 0 Å². The van der Waals surface area contributed by atoms with Crippen LogP contribution in [0.3, 0.4) is 0 Å². The van der Waals surface area contributed by atoms with Crippen LogP contribution in [-0.2, 0) is 9.53 Å². The van der Waals surface area contributed by atoms with Gasteiger partial charge in [-0.15, -0.1) is 0 Å². The van der Waals surface area contributed by atoms with Gasteiger partial charge in [0.05, 0.1) is 0 Å². The standard InChI is InChI=1S/C7H14O3/c1-4-10-5-6(8)7(2,3)9/h9H,4-5H2,1-3H3. The predicted molar refractivity (Wildman–Crippen MR) is 37.8 cm³/mol. The highest BCUT2D eigenvalue weighted by Gasteiger charge is 2.22. The van der Waals surface area contributed by atoms with Crippen LogP contribution in [0.15, 0.2) is 0 Å². The molecule has 10 heavy (non-hydrogen) atoms. The highest BCUT2D eigenvalue weighted by Crippen LogP contribution is 2.02. The van der Waals surface area contributed by atoms with Gasteiger partial charge in [-0.3, -0.25) is 4.79 Å². The van der Waals surface area contributed by atoms with E-state index in [2.05, 4.69) is 0 Å². The maximum Gasteiger partial charge on any atom is 0.189 e. The van der Waals surface area contributed by atoms with Crippen molar-refractivity contribution in [1.82, 2.24) is 0 Å². The van der Waals surface area contributed by atoms with E-state index in [1.54, 1.807) is 6.92 Å². The summed E-state index contributed by atoms with van der Waals surface area (Å²) in [6.07, 6.45) is 0. The quantitative estimate of drug-likeness (QED) is 0.623. The molecule has 0 aromatic rings. The number of rotatable bonds is 4. The zero-order valence-electron chi connectivity index (χ0n) is 6.68. The van der Waals surface area contributed by atoms with E-state index < -0.39 is 5.60 Å². The lowest BCUT2D eigenvalue weighted by Gasteiger charge is -2.14. The molecule has 0 aromatic carbocycles. The number of Topliss-reactive ketones (excluding diaryl/α,β-unsaturated/α-hetero) is 1. The Morgan fingerprint density at radius 3 is 2.40 bits per heavy atom. The molecular weight excluding hydrogens is 132 g/mol. The Labute approximate surface area is 61.0 Å². The Balaban J connectivity index is 3.64. The van der Waals surface area contributed by atoms with Gasteiger partial charge in [0, 0.05) is 6.61 Å². The maximum absolute atomic E-state index is 10.8. The molecule has 0 atom stereocenters. The van der Waals surface area contributed by atoms with Gasteiger partial charge in [0.25, 0.3) is 0 Å². The molecule has 0 fully saturated rings. The number of carbonyl (C=O) groups excluding carboxylic acids is 1. The fourth-order valence-corrected chi connectivity index (χ4v) is 0.371. The summed E-state index contributed by atoms with van der Waals surface area (Å²) in [5, 5.41) is 9.08. The number of hydrogen-bond acceptors (Lipinski definition) is 3. The molecule has 0 rings (SSSR count). The van der Waals surface area contributed by atoms with E-state index in [4.69, 9.17) is 9.84 Å². The smallest absolute Gasteiger partial charge is 0.189 e. The minimum Gasteiger partial charge on any atom is -0.383 e. The molecule has 0 aliphatic carbocycles. The first-order valence-electron chi connectivity index (χ1n) is 3.32. The Morgan fingerprint density at radius 1 is 1.60 bits per heavy atom. The van der Waals surface area contributed by atoms with Crippen molar-refractivity contribution in [2.24, 2.45) is 0 Å². The molecule has 3 nitrogen and oxygen atoms in total. The summed E-state index contributed by atoms with van der Waals surface area (Å²) >= 11 is 0. The zero-order chi connectivity index (χ0) is 8.20. The summed E-state index contributed by atoms with van der Waals surface area (Å²) in [5.74, 6) is -0.283. The van der Waals surface area contributed by atoms with Crippen molar-refractivity contribution in [3.8, 4) is 0 Å². The van der Waals surface area contributed by atoms with Crippen LogP contribution in [0.25, 0.3) is 0 Å². The number of ether oxygens (including phenoxy) is 1. The molecule has 0 amide bonds. The molecule has 3 heteroatoms. The van der Waals surface area contributed by atoms with E-state index in [1.165, 1.54) is 13.8 Å². The second kappa shape index (κ2) is 3.68. The van der Waals surface area contributed by atoms with Crippen molar-refractivity contribution in [2.75, 3.05) is 13.2 Å². The number of carbonyl (C=O) groups is 1. The fourth-order valence-electron chi connectivity index (χ4n) is 0.371. The van der Waals surface area contributed by atoms with Gasteiger partial charge in [0.15, 0.2) is 5.78 Å². The molecule has 0 saturated carbocycles. The second-order valence-corrected chi connectivity index (χ2v) is 2.62. The maximum atomic E-state index is 10.8. The van der Waals surface area contributed by atoms with Crippen LogP contribution >= 0.6 is 0 Å². The van der Waals surface area contributed by atoms with Gasteiger partial charge in [0.2, 0.25) is 0 Å². The summed E-state index contributed by atoms with van der Waals surface area (Å²) < 4.78 is 4.81. The average Bonchev–Trinajstić information content (AvgIpc) is 1.80. The number of ketones is 1. The lowest BCUT2D eigenvalue weighted by molar-refractivity contribution is -0.138. The van der Waals surface area contributed by atoms with Crippen molar-refractivity contribution >= 4 is 5.78 Å². The van der Waals surface area contributed by atoms with E-state index in [0.29, 0.717) is 6.61 Å². The van der Waals surface area contributed by atoms with Crippen LogP contribution in [0.2, 0.25) is 0 Å². The normalized spacial score (nSPS) is 11.6. The Morgan fingerprint density at radius 2 is 2.10 bits per heavy atom. The van der Waals surface area contributed by atoms with Crippen LogP contribution in [0.4, 0.5) is 0 Å². The van der Waals surface area contributed by atoms with E-state index in [-0.39, 0.29) is 12.4 Å². The highest BCUT2D eigenvalue weighted by atomic mass is 16.5. The fraction of sp³-hybridized carbons (Fsp3) is 0.857.